The summed E-state index contributed by atoms with van der Waals surface area (Å²) in [7, 11) is 0. The predicted octanol–water partition coefficient (Wildman–Crippen LogP) is 3.06. The van der Waals surface area contributed by atoms with Gasteiger partial charge in [0, 0.05) is 24.0 Å². The molecular formula is C21H22N4O2. The summed E-state index contributed by atoms with van der Waals surface area (Å²) in [6, 6.07) is 13.4. The number of anilines is 1. The third kappa shape index (κ3) is 2.87. The van der Waals surface area contributed by atoms with Crippen LogP contribution in [0.2, 0.25) is 0 Å². The van der Waals surface area contributed by atoms with E-state index in [9.17, 15) is 9.59 Å². The van der Waals surface area contributed by atoms with Crippen LogP contribution in [0.1, 0.15) is 47.4 Å². The van der Waals surface area contributed by atoms with E-state index in [-0.39, 0.29) is 35.4 Å². The molecule has 2 aromatic heterocycles. The number of aromatic nitrogens is 2. The topological polar surface area (TPSA) is 66.7 Å². The molecule has 1 N–H and O–H groups in total. The van der Waals surface area contributed by atoms with E-state index in [1.165, 1.54) is 0 Å². The number of carbonyl (C=O) groups excluding carboxylic acids is 2. The number of nitrogens with one attached hydrogen (secondary N) is 1. The van der Waals surface area contributed by atoms with E-state index < -0.39 is 0 Å². The Bertz CT molecular complexity index is 1040. The molecule has 4 rings (SSSR count). The lowest BCUT2D eigenvalue weighted by molar-refractivity contribution is 0.0940. The average Bonchev–Trinajstić information content (AvgIpc) is 3.18. The number of pyridine rings is 1. The Morgan fingerprint density at radius 3 is 2.67 bits per heavy atom. The van der Waals surface area contributed by atoms with E-state index in [4.69, 9.17) is 0 Å². The second-order valence-electron chi connectivity index (χ2n) is 7.23. The molecule has 0 spiro atoms. The molecule has 6 heteroatoms. The fourth-order valence-corrected chi connectivity index (χ4v) is 3.67. The molecule has 1 atom stereocenters. The molecule has 3 heterocycles. The Morgan fingerprint density at radius 1 is 1.15 bits per heavy atom. The number of rotatable bonds is 3. The highest BCUT2D eigenvalue weighted by Crippen LogP contribution is 2.33. The second kappa shape index (κ2) is 6.54. The Morgan fingerprint density at radius 2 is 1.89 bits per heavy atom. The van der Waals surface area contributed by atoms with Crippen molar-refractivity contribution in [2.45, 2.75) is 39.3 Å². The van der Waals surface area contributed by atoms with Gasteiger partial charge in [0.2, 0.25) is 5.82 Å². The summed E-state index contributed by atoms with van der Waals surface area (Å²) in [4.78, 5) is 32.2. The number of hydrogen-bond donors (Lipinski definition) is 1. The summed E-state index contributed by atoms with van der Waals surface area (Å²) in [5, 5.41) is 2.86. The van der Waals surface area contributed by atoms with Crippen LogP contribution in [0.4, 0.5) is 5.69 Å². The van der Waals surface area contributed by atoms with Gasteiger partial charge in [0.05, 0.1) is 5.52 Å². The summed E-state index contributed by atoms with van der Waals surface area (Å²) < 4.78 is 1.70. The van der Waals surface area contributed by atoms with Crippen molar-refractivity contribution in [3.63, 3.8) is 0 Å². The van der Waals surface area contributed by atoms with Crippen LogP contribution >= 0.6 is 0 Å². The third-order valence-electron chi connectivity index (χ3n) is 4.80. The second-order valence-corrected chi connectivity index (χ2v) is 7.23. The first-order valence-corrected chi connectivity index (χ1v) is 9.16. The molecule has 1 unspecified atom stereocenters. The van der Waals surface area contributed by atoms with Crippen LogP contribution in [0.25, 0.3) is 5.52 Å². The van der Waals surface area contributed by atoms with Gasteiger partial charge in [0.1, 0.15) is 0 Å². The van der Waals surface area contributed by atoms with Crippen molar-refractivity contribution in [3.8, 4) is 0 Å². The zero-order valence-electron chi connectivity index (χ0n) is 15.6. The Kier molecular flexibility index (Phi) is 4.18. The molecule has 0 saturated heterocycles. The fraction of sp³-hybridized carbons (Fsp3) is 0.286. The van der Waals surface area contributed by atoms with Gasteiger partial charge in [-0.05, 0) is 51.0 Å². The van der Waals surface area contributed by atoms with Crippen LogP contribution in [0, 0.1) is 0 Å². The van der Waals surface area contributed by atoms with Crippen LogP contribution in [0.5, 0.6) is 0 Å². The molecule has 2 amide bonds. The first kappa shape index (κ1) is 17.3. The standard InChI is InChI=1S/C21H22N4O2/c1-13(2)22-20(26)18-17-10-6-7-11-24(17)19(23-18)21(27)25-14(3)12-15-8-4-5-9-16(15)25/h4-11,13-14H,12H2,1-3H3,(H,22,26). The van der Waals surface area contributed by atoms with E-state index in [0.717, 1.165) is 17.7 Å². The summed E-state index contributed by atoms with van der Waals surface area (Å²) in [5.41, 5.74) is 2.96. The Hall–Kier alpha value is -3.15. The maximum Gasteiger partial charge on any atom is 0.294 e. The highest BCUT2D eigenvalue weighted by Gasteiger charge is 2.34. The number of hydrogen-bond acceptors (Lipinski definition) is 3. The van der Waals surface area contributed by atoms with Crippen LogP contribution in [-0.4, -0.2) is 33.3 Å². The van der Waals surface area contributed by atoms with Gasteiger partial charge in [-0.2, -0.15) is 0 Å². The molecule has 1 aromatic carbocycles. The SMILES string of the molecule is CC(C)NC(=O)c1nc(C(=O)N2c3ccccc3CC2C)n2ccccc12. The number of para-hydroxylation sites is 1. The quantitative estimate of drug-likeness (QED) is 0.779. The van der Waals surface area contributed by atoms with Crippen molar-refractivity contribution in [1.29, 1.82) is 0 Å². The lowest BCUT2D eigenvalue weighted by Gasteiger charge is -2.21. The number of nitrogens with zero attached hydrogens (tertiary/aromatic N) is 3. The summed E-state index contributed by atoms with van der Waals surface area (Å²) in [6.45, 7) is 5.82. The molecule has 1 aliphatic heterocycles. The van der Waals surface area contributed by atoms with E-state index in [1.807, 2.05) is 57.2 Å². The van der Waals surface area contributed by atoms with Crippen molar-refractivity contribution >= 4 is 23.0 Å². The van der Waals surface area contributed by atoms with Gasteiger partial charge in [-0.25, -0.2) is 4.98 Å². The van der Waals surface area contributed by atoms with Crippen molar-refractivity contribution in [2.75, 3.05) is 4.90 Å². The predicted molar refractivity (Wildman–Crippen MR) is 104 cm³/mol. The maximum atomic E-state index is 13.4. The zero-order chi connectivity index (χ0) is 19.1. The molecule has 0 bridgehead atoms. The molecule has 0 fully saturated rings. The first-order chi connectivity index (χ1) is 13.0. The summed E-state index contributed by atoms with van der Waals surface area (Å²) in [5.74, 6) is -0.220. The molecule has 3 aromatic rings. The van der Waals surface area contributed by atoms with Gasteiger partial charge in [0.15, 0.2) is 5.69 Å². The Balaban J connectivity index is 1.80. The molecule has 6 nitrogen and oxygen atoms in total. The van der Waals surface area contributed by atoms with Gasteiger partial charge in [0.25, 0.3) is 11.8 Å². The average molecular weight is 362 g/mol. The molecular weight excluding hydrogens is 340 g/mol. The van der Waals surface area contributed by atoms with Gasteiger partial charge >= 0.3 is 0 Å². The number of carbonyl (C=O) groups is 2. The van der Waals surface area contributed by atoms with E-state index in [1.54, 1.807) is 21.6 Å². The minimum Gasteiger partial charge on any atom is -0.348 e. The lowest BCUT2D eigenvalue weighted by atomic mass is 10.1. The van der Waals surface area contributed by atoms with E-state index in [2.05, 4.69) is 10.3 Å². The zero-order valence-corrected chi connectivity index (χ0v) is 15.6. The normalized spacial score (nSPS) is 16.0. The van der Waals surface area contributed by atoms with Gasteiger partial charge < -0.3 is 10.2 Å². The third-order valence-corrected chi connectivity index (χ3v) is 4.80. The van der Waals surface area contributed by atoms with Gasteiger partial charge in [-0.1, -0.05) is 24.3 Å². The van der Waals surface area contributed by atoms with Crippen LogP contribution in [-0.2, 0) is 6.42 Å². The van der Waals surface area contributed by atoms with Gasteiger partial charge in [-0.15, -0.1) is 0 Å². The van der Waals surface area contributed by atoms with Crippen LogP contribution in [0.3, 0.4) is 0 Å². The Labute approximate surface area is 157 Å². The summed E-state index contributed by atoms with van der Waals surface area (Å²) in [6.07, 6.45) is 2.58. The molecule has 0 radical (unpaired) electrons. The lowest BCUT2D eigenvalue weighted by Crippen LogP contribution is -2.37. The van der Waals surface area contributed by atoms with Crippen LogP contribution in [0.15, 0.2) is 48.7 Å². The van der Waals surface area contributed by atoms with E-state index >= 15 is 0 Å². The van der Waals surface area contributed by atoms with Crippen molar-refractivity contribution in [2.24, 2.45) is 0 Å². The molecule has 1 aliphatic rings. The van der Waals surface area contributed by atoms with Crippen molar-refractivity contribution in [1.82, 2.24) is 14.7 Å². The number of benzene rings is 1. The molecule has 138 valence electrons. The maximum absolute atomic E-state index is 13.4. The van der Waals surface area contributed by atoms with Crippen molar-refractivity contribution < 1.29 is 9.59 Å². The largest absolute Gasteiger partial charge is 0.348 e. The first-order valence-electron chi connectivity index (χ1n) is 9.16. The highest BCUT2D eigenvalue weighted by atomic mass is 16.2. The summed E-state index contributed by atoms with van der Waals surface area (Å²) >= 11 is 0. The number of imidazole rings is 1. The minimum atomic E-state index is -0.275. The smallest absolute Gasteiger partial charge is 0.294 e. The fourth-order valence-electron chi connectivity index (χ4n) is 3.67. The molecule has 27 heavy (non-hydrogen) atoms. The van der Waals surface area contributed by atoms with E-state index in [0.29, 0.717) is 5.52 Å². The number of fused-ring (bicyclic) bond motifs is 2. The molecule has 0 aliphatic carbocycles. The minimum absolute atomic E-state index is 0.0115. The van der Waals surface area contributed by atoms with Crippen molar-refractivity contribution in [3.05, 3.63) is 65.7 Å². The van der Waals surface area contributed by atoms with Crippen LogP contribution < -0.4 is 10.2 Å². The monoisotopic (exact) mass is 362 g/mol. The molecule has 0 saturated carbocycles. The van der Waals surface area contributed by atoms with Gasteiger partial charge in [-0.3, -0.25) is 14.0 Å². The highest BCUT2D eigenvalue weighted by molar-refractivity contribution is 6.08. The number of amides is 2.